The Balaban J connectivity index is 2.32. The van der Waals surface area contributed by atoms with Gasteiger partial charge in [0.15, 0.2) is 5.84 Å². The molecule has 8 nitrogen and oxygen atoms in total. The third kappa shape index (κ3) is 5.57. The Hall–Kier alpha value is -3.81. The Bertz CT molecular complexity index is 1270. The fraction of sp³-hybridized carbons (Fsp3) is 0.346. The number of hydrogen-bond acceptors (Lipinski definition) is 5. The van der Waals surface area contributed by atoms with Gasteiger partial charge in [0.25, 0.3) is 5.56 Å². The first-order chi connectivity index (χ1) is 16.0. The molecule has 4 N–H and O–H groups in total. The van der Waals surface area contributed by atoms with Crippen LogP contribution in [0.15, 0.2) is 58.5 Å². The number of ether oxygens (including phenoxy) is 1. The van der Waals surface area contributed by atoms with Gasteiger partial charge in [0, 0.05) is 28.8 Å². The second-order valence-corrected chi connectivity index (χ2v) is 9.60. The van der Waals surface area contributed by atoms with Crippen LogP contribution in [-0.4, -0.2) is 27.3 Å². The number of carbonyl (C=O) groups excluding carboxylic acids is 1. The fourth-order valence-corrected chi connectivity index (χ4v) is 3.85. The zero-order valence-corrected chi connectivity index (χ0v) is 20.3. The summed E-state index contributed by atoms with van der Waals surface area (Å²) in [6.45, 7) is 10.0. The van der Waals surface area contributed by atoms with Crippen molar-refractivity contribution in [2.24, 2.45) is 16.8 Å². The van der Waals surface area contributed by atoms with E-state index in [1.165, 1.54) is 0 Å². The molecule has 180 valence electrons. The number of amides is 1. The van der Waals surface area contributed by atoms with Crippen LogP contribution in [0.3, 0.4) is 0 Å². The number of nitrogens with two attached hydrogens (primary N) is 1. The summed E-state index contributed by atoms with van der Waals surface area (Å²) in [7, 11) is 0. The van der Waals surface area contributed by atoms with Crippen LogP contribution >= 0.6 is 0 Å². The van der Waals surface area contributed by atoms with Gasteiger partial charge in [-0.1, -0.05) is 55.4 Å². The predicted molar refractivity (Wildman–Crippen MR) is 134 cm³/mol. The van der Waals surface area contributed by atoms with Gasteiger partial charge in [0.1, 0.15) is 5.60 Å². The molecule has 0 aliphatic rings. The lowest BCUT2D eigenvalue weighted by Gasteiger charge is -2.23. The molecule has 3 aromatic rings. The van der Waals surface area contributed by atoms with Crippen LogP contribution in [0, 0.1) is 5.92 Å². The highest BCUT2D eigenvalue weighted by Gasteiger charge is 2.22. The zero-order valence-electron chi connectivity index (χ0n) is 20.3. The Kier molecular flexibility index (Phi) is 7.29. The monoisotopic (exact) mass is 464 g/mol. The number of fused-ring (bicyclic) bond motifs is 1. The topological polar surface area (TPSA) is 119 Å². The van der Waals surface area contributed by atoms with E-state index in [0.29, 0.717) is 28.6 Å². The summed E-state index contributed by atoms with van der Waals surface area (Å²) in [5.74, 6) is 0.135. The lowest BCUT2D eigenvalue weighted by atomic mass is 9.94. The molecule has 0 saturated heterocycles. The van der Waals surface area contributed by atoms with Gasteiger partial charge in [0.2, 0.25) is 0 Å². The van der Waals surface area contributed by atoms with Crippen LogP contribution in [-0.2, 0) is 17.8 Å². The highest BCUT2D eigenvalue weighted by Crippen LogP contribution is 2.32. The maximum Gasteiger partial charge on any atom is 0.407 e. The minimum Gasteiger partial charge on any atom is -0.444 e. The van der Waals surface area contributed by atoms with Gasteiger partial charge in [0.05, 0.1) is 6.54 Å². The second kappa shape index (κ2) is 9.99. The maximum atomic E-state index is 13.6. The molecule has 0 radical (unpaired) electrons. The molecule has 1 heterocycles. The molecular weight excluding hydrogens is 432 g/mol. The number of benzene rings is 2. The summed E-state index contributed by atoms with van der Waals surface area (Å²) in [5.41, 5.74) is 7.83. The SMILES string of the molecule is CC(C)Cn1c(CNC(=O)OC(C)(C)C)c(-c2ccccc2)c2cc(C(N)=NO)ccc2c1=O. The second-order valence-electron chi connectivity index (χ2n) is 9.60. The summed E-state index contributed by atoms with van der Waals surface area (Å²) >= 11 is 0. The first kappa shape index (κ1) is 24.8. The van der Waals surface area contributed by atoms with E-state index in [0.717, 1.165) is 11.1 Å². The van der Waals surface area contributed by atoms with Crippen molar-refractivity contribution in [3.63, 3.8) is 0 Å². The number of rotatable bonds is 6. The third-order valence-electron chi connectivity index (χ3n) is 5.19. The minimum atomic E-state index is -0.649. The van der Waals surface area contributed by atoms with E-state index < -0.39 is 11.7 Å². The van der Waals surface area contributed by atoms with Gasteiger partial charge in [-0.2, -0.15) is 0 Å². The van der Waals surface area contributed by atoms with Crippen LogP contribution in [0.4, 0.5) is 4.79 Å². The lowest BCUT2D eigenvalue weighted by Crippen LogP contribution is -2.35. The van der Waals surface area contributed by atoms with E-state index in [1.54, 1.807) is 43.5 Å². The Morgan fingerprint density at radius 2 is 1.82 bits per heavy atom. The van der Waals surface area contributed by atoms with E-state index in [1.807, 2.05) is 44.2 Å². The average Bonchev–Trinajstić information content (AvgIpc) is 2.78. The molecule has 8 heteroatoms. The van der Waals surface area contributed by atoms with E-state index in [-0.39, 0.29) is 23.9 Å². The standard InChI is InChI=1S/C26H32N4O4/c1-16(2)15-30-21(14-28-25(32)34-26(3,4)5)22(17-9-7-6-8-10-17)20-13-18(23(27)29-33)11-12-19(20)24(30)31/h6-13,16,33H,14-15H2,1-5H3,(H2,27,29)(H,28,32). The molecule has 1 aromatic heterocycles. The van der Waals surface area contributed by atoms with Gasteiger partial charge < -0.3 is 25.6 Å². The maximum absolute atomic E-state index is 13.6. The number of amidine groups is 1. The van der Waals surface area contributed by atoms with Crippen molar-refractivity contribution in [1.29, 1.82) is 0 Å². The molecule has 34 heavy (non-hydrogen) atoms. The summed E-state index contributed by atoms with van der Waals surface area (Å²) < 4.78 is 7.13. The molecule has 3 rings (SSSR count). The number of hydrogen-bond donors (Lipinski definition) is 3. The first-order valence-corrected chi connectivity index (χ1v) is 11.2. The van der Waals surface area contributed by atoms with Gasteiger partial charge >= 0.3 is 6.09 Å². The van der Waals surface area contributed by atoms with E-state index >= 15 is 0 Å². The fourth-order valence-electron chi connectivity index (χ4n) is 3.85. The third-order valence-corrected chi connectivity index (χ3v) is 5.19. The molecular formula is C26H32N4O4. The minimum absolute atomic E-state index is 0.0549. The van der Waals surface area contributed by atoms with Gasteiger partial charge in [-0.25, -0.2) is 4.79 Å². The number of aromatic nitrogens is 1. The molecule has 0 saturated carbocycles. The Labute approximate surface area is 199 Å². The summed E-state index contributed by atoms with van der Waals surface area (Å²) in [6, 6.07) is 14.7. The Morgan fingerprint density at radius 1 is 1.15 bits per heavy atom. The summed E-state index contributed by atoms with van der Waals surface area (Å²) in [4.78, 5) is 26.1. The number of nitrogens with one attached hydrogen (secondary N) is 1. The van der Waals surface area contributed by atoms with Gasteiger partial charge in [-0.3, -0.25) is 4.79 Å². The molecule has 0 fully saturated rings. The molecule has 0 spiro atoms. The summed E-state index contributed by atoms with van der Waals surface area (Å²) in [5, 5.41) is 16.2. The molecule has 1 amide bonds. The number of alkyl carbamates (subject to hydrolysis) is 1. The van der Waals surface area contributed by atoms with Crippen molar-refractivity contribution in [3.8, 4) is 11.1 Å². The van der Waals surface area contributed by atoms with Crippen LogP contribution in [0.1, 0.15) is 45.9 Å². The molecule has 2 aromatic carbocycles. The van der Waals surface area contributed by atoms with Crippen molar-refractivity contribution in [3.05, 3.63) is 70.1 Å². The molecule has 0 bridgehead atoms. The largest absolute Gasteiger partial charge is 0.444 e. The quantitative estimate of drug-likeness (QED) is 0.216. The lowest BCUT2D eigenvalue weighted by molar-refractivity contribution is 0.0522. The van der Waals surface area contributed by atoms with Crippen LogP contribution in [0.2, 0.25) is 0 Å². The van der Waals surface area contributed by atoms with Crippen molar-refractivity contribution < 1.29 is 14.7 Å². The molecule has 0 aliphatic carbocycles. The van der Waals surface area contributed by atoms with Gasteiger partial charge in [-0.15, -0.1) is 0 Å². The smallest absolute Gasteiger partial charge is 0.407 e. The number of pyridine rings is 1. The van der Waals surface area contributed by atoms with Crippen LogP contribution in [0.25, 0.3) is 21.9 Å². The average molecular weight is 465 g/mol. The predicted octanol–water partition coefficient (Wildman–Crippen LogP) is 4.44. The van der Waals surface area contributed by atoms with Crippen molar-refractivity contribution >= 4 is 22.7 Å². The zero-order chi connectivity index (χ0) is 25.0. The van der Waals surface area contributed by atoms with E-state index in [2.05, 4.69) is 10.5 Å². The van der Waals surface area contributed by atoms with Crippen LogP contribution < -0.4 is 16.6 Å². The molecule has 0 atom stereocenters. The van der Waals surface area contributed by atoms with Crippen LogP contribution in [0.5, 0.6) is 0 Å². The molecule has 0 unspecified atom stereocenters. The number of oxime groups is 1. The first-order valence-electron chi connectivity index (χ1n) is 11.2. The summed E-state index contributed by atoms with van der Waals surface area (Å²) in [6.07, 6.45) is -0.569. The van der Waals surface area contributed by atoms with Crippen molar-refractivity contribution in [1.82, 2.24) is 9.88 Å². The van der Waals surface area contributed by atoms with Crippen molar-refractivity contribution in [2.45, 2.75) is 53.3 Å². The highest BCUT2D eigenvalue weighted by atomic mass is 16.6. The normalized spacial score (nSPS) is 12.2. The Morgan fingerprint density at radius 3 is 2.41 bits per heavy atom. The van der Waals surface area contributed by atoms with Crippen molar-refractivity contribution in [2.75, 3.05) is 0 Å². The number of carbonyl (C=O) groups is 1. The van der Waals surface area contributed by atoms with E-state index in [9.17, 15) is 14.8 Å². The molecule has 0 aliphatic heterocycles. The number of nitrogens with zero attached hydrogens (tertiary/aromatic N) is 2. The van der Waals surface area contributed by atoms with E-state index in [4.69, 9.17) is 10.5 Å². The van der Waals surface area contributed by atoms with Gasteiger partial charge in [-0.05, 0) is 49.8 Å². The highest BCUT2D eigenvalue weighted by molar-refractivity contribution is 6.04.